The van der Waals surface area contributed by atoms with Crippen molar-refractivity contribution in [3.8, 4) is 0 Å². The van der Waals surface area contributed by atoms with Gasteiger partial charge in [0.2, 0.25) is 0 Å². The molecule has 0 spiro atoms. The van der Waals surface area contributed by atoms with E-state index in [0.29, 0.717) is 4.47 Å². The van der Waals surface area contributed by atoms with Crippen LogP contribution >= 0.6 is 15.9 Å². The van der Waals surface area contributed by atoms with Gasteiger partial charge in [-0.25, -0.2) is 4.39 Å². The molecule has 7 heteroatoms. The van der Waals surface area contributed by atoms with Gasteiger partial charge in [-0.3, -0.25) is 4.79 Å². The van der Waals surface area contributed by atoms with E-state index in [1.165, 1.54) is 18.2 Å². The molecule has 0 heterocycles. The van der Waals surface area contributed by atoms with Gasteiger partial charge in [-0.05, 0) is 43.9 Å². The summed E-state index contributed by atoms with van der Waals surface area (Å²) in [5.74, 6) is -2.54. The van der Waals surface area contributed by atoms with Crippen LogP contribution in [0.4, 0.5) is 17.6 Å². The molecule has 1 aromatic carbocycles. The second-order valence-corrected chi connectivity index (χ2v) is 6.10. The molecule has 0 saturated heterocycles. The molecule has 1 aliphatic carbocycles. The molecule has 21 heavy (non-hydrogen) atoms. The predicted octanol–water partition coefficient (Wildman–Crippen LogP) is 4.44. The lowest BCUT2D eigenvalue weighted by Crippen LogP contribution is -2.40. The summed E-state index contributed by atoms with van der Waals surface area (Å²) in [5, 5.41) is 2.61. The molecule has 1 N–H and O–H groups in total. The first-order valence-electron chi connectivity index (χ1n) is 6.60. The molecule has 1 aliphatic rings. The predicted molar refractivity (Wildman–Crippen MR) is 73.4 cm³/mol. The minimum absolute atomic E-state index is 0.00455. The maximum absolute atomic E-state index is 13.6. The number of benzene rings is 1. The van der Waals surface area contributed by atoms with Crippen molar-refractivity contribution in [2.24, 2.45) is 5.92 Å². The quantitative estimate of drug-likeness (QED) is 0.769. The molecule has 116 valence electrons. The third-order valence-electron chi connectivity index (χ3n) is 3.70. The van der Waals surface area contributed by atoms with Crippen molar-refractivity contribution in [3.63, 3.8) is 0 Å². The molecular weight excluding hydrogens is 354 g/mol. The molecule has 0 atom stereocenters. The van der Waals surface area contributed by atoms with Crippen LogP contribution in [-0.4, -0.2) is 18.1 Å². The van der Waals surface area contributed by atoms with E-state index >= 15 is 0 Å². The number of amides is 1. The highest BCUT2D eigenvalue weighted by Crippen LogP contribution is 2.37. The molecule has 1 saturated carbocycles. The normalized spacial score (nSPS) is 22.9. The van der Waals surface area contributed by atoms with Crippen LogP contribution in [-0.2, 0) is 0 Å². The minimum Gasteiger partial charge on any atom is -0.349 e. The summed E-state index contributed by atoms with van der Waals surface area (Å²) in [6.45, 7) is 0. The second kappa shape index (κ2) is 6.34. The zero-order valence-corrected chi connectivity index (χ0v) is 12.6. The van der Waals surface area contributed by atoms with Gasteiger partial charge in [0.05, 0.1) is 11.5 Å². The van der Waals surface area contributed by atoms with Crippen LogP contribution < -0.4 is 5.32 Å². The lowest BCUT2D eigenvalue weighted by Gasteiger charge is -2.30. The van der Waals surface area contributed by atoms with E-state index < -0.39 is 23.8 Å². The fourth-order valence-corrected chi connectivity index (χ4v) is 2.86. The molecule has 0 aromatic heterocycles. The standard InChI is InChI=1S/C14H14BrF4NO/c15-9-3-6-12(16)11(7-9)13(21)20-10-4-1-8(2-5-10)14(17,18)19/h3,6-8,10H,1-2,4-5H2,(H,20,21). The Morgan fingerprint density at radius 3 is 2.38 bits per heavy atom. The molecule has 0 bridgehead atoms. The lowest BCUT2D eigenvalue weighted by atomic mass is 9.85. The van der Waals surface area contributed by atoms with Gasteiger partial charge in [-0.15, -0.1) is 0 Å². The van der Waals surface area contributed by atoms with Crippen LogP contribution in [0.15, 0.2) is 22.7 Å². The first kappa shape index (κ1) is 16.3. The minimum atomic E-state index is -4.18. The molecule has 0 unspecified atom stereocenters. The van der Waals surface area contributed by atoms with Crippen LogP contribution in [0.3, 0.4) is 0 Å². The maximum atomic E-state index is 13.6. The SMILES string of the molecule is O=C(NC1CCC(C(F)(F)F)CC1)c1cc(Br)ccc1F. The van der Waals surface area contributed by atoms with Gasteiger partial charge in [-0.1, -0.05) is 15.9 Å². The average Bonchev–Trinajstić information content (AvgIpc) is 2.41. The fraction of sp³-hybridized carbons (Fsp3) is 0.500. The lowest BCUT2D eigenvalue weighted by molar-refractivity contribution is -0.182. The highest BCUT2D eigenvalue weighted by Gasteiger charge is 2.41. The molecule has 0 radical (unpaired) electrons. The highest BCUT2D eigenvalue weighted by molar-refractivity contribution is 9.10. The van der Waals surface area contributed by atoms with Gasteiger partial charge >= 0.3 is 6.18 Å². The summed E-state index contributed by atoms with van der Waals surface area (Å²) in [4.78, 5) is 12.0. The summed E-state index contributed by atoms with van der Waals surface area (Å²) in [6, 6.07) is 3.65. The van der Waals surface area contributed by atoms with Gasteiger partial charge < -0.3 is 5.32 Å². The molecule has 1 amide bonds. The number of halogens is 5. The van der Waals surface area contributed by atoms with Gasteiger partial charge in [0, 0.05) is 10.5 Å². The Hall–Kier alpha value is -1.11. The summed E-state index contributed by atoms with van der Waals surface area (Å²) in [7, 11) is 0. The van der Waals surface area contributed by atoms with Gasteiger partial charge in [-0.2, -0.15) is 13.2 Å². The summed E-state index contributed by atoms with van der Waals surface area (Å²) in [5.41, 5.74) is -0.109. The van der Waals surface area contributed by atoms with E-state index in [9.17, 15) is 22.4 Å². The molecule has 1 fully saturated rings. The van der Waals surface area contributed by atoms with E-state index in [4.69, 9.17) is 0 Å². The van der Waals surface area contributed by atoms with E-state index in [0.717, 1.165) is 0 Å². The van der Waals surface area contributed by atoms with Gasteiger partial charge in [0.15, 0.2) is 0 Å². The first-order valence-corrected chi connectivity index (χ1v) is 7.39. The van der Waals surface area contributed by atoms with E-state index in [1.54, 1.807) is 0 Å². The van der Waals surface area contributed by atoms with Crippen molar-refractivity contribution in [1.29, 1.82) is 0 Å². The van der Waals surface area contributed by atoms with Crippen molar-refractivity contribution >= 4 is 21.8 Å². The summed E-state index contributed by atoms with van der Waals surface area (Å²) < 4.78 is 51.8. The number of hydrogen-bond acceptors (Lipinski definition) is 1. The third-order valence-corrected chi connectivity index (χ3v) is 4.19. The Bertz CT molecular complexity index is 524. The first-order chi connectivity index (χ1) is 9.77. The molecule has 2 rings (SSSR count). The zero-order valence-electron chi connectivity index (χ0n) is 11.0. The Labute approximate surface area is 128 Å². The molecular formula is C14H14BrF4NO. The van der Waals surface area contributed by atoms with Crippen LogP contribution in [0, 0.1) is 11.7 Å². The van der Waals surface area contributed by atoms with Crippen molar-refractivity contribution in [1.82, 2.24) is 5.32 Å². The van der Waals surface area contributed by atoms with Crippen molar-refractivity contribution < 1.29 is 22.4 Å². The average molecular weight is 368 g/mol. The number of alkyl halides is 3. The fourth-order valence-electron chi connectivity index (χ4n) is 2.50. The molecule has 1 aromatic rings. The number of carbonyl (C=O) groups is 1. The topological polar surface area (TPSA) is 29.1 Å². The molecule has 2 nitrogen and oxygen atoms in total. The highest BCUT2D eigenvalue weighted by atomic mass is 79.9. The second-order valence-electron chi connectivity index (χ2n) is 5.19. The maximum Gasteiger partial charge on any atom is 0.391 e. The number of rotatable bonds is 2. The monoisotopic (exact) mass is 367 g/mol. The Morgan fingerprint density at radius 2 is 1.81 bits per heavy atom. The number of nitrogens with one attached hydrogen (secondary N) is 1. The summed E-state index contributed by atoms with van der Waals surface area (Å²) in [6.07, 6.45) is -3.67. The van der Waals surface area contributed by atoms with Crippen LogP contribution in [0.1, 0.15) is 36.0 Å². The largest absolute Gasteiger partial charge is 0.391 e. The van der Waals surface area contributed by atoms with Crippen LogP contribution in [0.25, 0.3) is 0 Å². The molecule has 0 aliphatic heterocycles. The summed E-state index contributed by atoms with van der Waals surface area (Å²) >= 11 is 3.15. The Kier molecular flexibility index (Phi) is 4.91. The number of hydrogen-bond donors (Lipinski definition) is 1. The van der Waals surface area contributed by atoms with E-state index in [2.05, 4.69) is 21.2 Å². The van der Waals surface area contributed by atoms with Gasteiger partial charge in [0.1, 0.15) is 5.82 Å². The van der Waals surface area contributed by atoms with E-state index in [1.807, 2.05) is 0 Å². The third kappa shape index (κ3) is 4.18. The zero-order chi connectivity index (χ0) is 15.6. The smallest absolute Gasteiger partial charge is 0.349 e. The number of carbonyl (C=O) groups excluding carboxylic acids is 1. The van der Waals surface area contributed by atoms with Gasteiger partial charge in [0.25, 0.3) is 5.91 Å². The Balaban J connectivity index is 1.94. The van der Waals surface area contributed by atoms with Crippen molar-refractivity contribution in [2.75, 3.05) is 0 Å². The van der Waals surface area contributed by atoms with Crippen molar-refractivity contribution in [3.05, 3.63) is 34.1 Å². The Morgan fingerprint density at radius 1 is 1.19 bits per heavy atom. The van der Waals surface area contributed by atoms with E-state index in [-0.39, 0.29) is 37.3 Å². The van der Waals surface area contributed by atoms with Crippen LogP contribution in [0.5, 0.6) is 0 Å². The van der Waals surface area contributed by atoms with Crippen LogP contribution in [0.2, 0.25) is 0 Å². The van der Waals surface area contributed by atoms with Crippen molar-refractivity contribution in [2.45, 2.75) is 37.9 Å².